The Bertz CT molecular complexity index is 1050. The average molecular weight is 391 g/mol. The molecule has 4 rings (SSSR count). The van der Waals surface area contributed by atoms with Gasteiger partial charge >= 0.3 is 0 Å². The van der Waals surface area contributed by atoms with Crippen LogP contribution in [0.4, 0.5) is 5.82 Å². The summed E-state index contributed by atoms with van der Waals surface area (Å²) in [5.41, 5.74) is 3.15. The summed E-state index contributed by atoms with van der Waals surface area (Å²) < 4.78 is 6.05. The van der Waals surface area contributed by atoms with Crippen LogP contribution in [-0.2, 0) is 4.74 Å². The summed E-state index contributed by atoms with van der Waals surface area (Å²) in [6.07, 6.45) is -0.238. The Labute approximate surface area is 170 Å². The summed E-state index contributed by atoms with van der Waals surface area (Å²) in [7, 11) is 3.52. The first-order valence-electron chi connectivity index (χ1n) is 9.72. The molecule has 0 unspecified atom stereocenters. The molecule has 0 N–H and O–H groups in total. The van der Waals surface area contributed by atoms with Crippen molar-refractivity contribution in [2.45, 2.75) is 20.0 Å². The second-order valence-corrected chi connectivity index (χ2v) is 7.53. The minimum absolute atomic E-state index is 0.0421. The standard InChI is InChI=1S/C22H25N5O2/c1-14-11-21(24-15(2)23-14)27-9-10-29-20(13-27)19-12-17(22(28)26(3)4)16-7-5-6-8-18(16)25-19/h5-8,11-12,20H,9-10,13H2,1-4H3/t20-/m0/s1. The van der Waals surface area contributed by atoms with Gasteiger partial charge in [0.25, 0.3) is 5.91 Å². The number of aromatic nitrogens is 3. The molecule has 7 heteroatoms. The van der Waals surface area contributed by atoms with Gasteiger partial charge in [0, 0.05) is 37.8 Å². The number of morpholine rings is 1. The number of carbonyl (C=O) groups excluding carboxylic acids is 1. The molecule has 1 aliphatic rings. The van der Waals surface area contributed by atoms with E-state index in [1.165, 1.54) is 0 Å². The van der Waals surface area contributed by atoms with Gasteiger partial charge in [-0.15, -0.1) is 0 Å². The predicted molar refractivity (Wildman–Crippen MR) is 112 cm³/mol. The van der Waals surface area contributed by atoms with Gasteiger partial charge in [-0.1, -0.05) is 18.2 Å². The van der Waals surface area contributed by atoms with Crippen molar-refractivity contribution >= 4 is 22.6 Å². The van der Waals surface area contributed by atoms with Crippen LogP contribution in [0.25, 0.3) is 10.9 Å². The van der Waals surface area contributed by atoms with Crippen molar-refractivity contribution in [1.29, 1.82) is 0 Å². The van der Waals surface area contributed by atoms with Crippen molar-refractivity contribution in [1.82, 2.24) is 19.9 Å². The van der Waals surface area contributed by atoms with Crippen molar-refractivity contribution in [3.8, 4) is 0 Å². The molecule has 2 aromatic heterocycles. The Hall–Kier alpha value is -3.06. The normalized spacial score (nSPS) is 16.8. The van der Waals surface area contributed by atoms with Gasteiger partial charge < -0.3 is 14.5 Å². The monoisotopic (exact) mass is 391 g/mol. The Morgan fingerprint density at radius 1 is 1.14 bits per heavy atom. The third-order valence-electron chi connectivity index (χ3n) is 5.05. The fourth-order valence-corrected chi connectivity index (χ4v) is 3.67. The summed E-state index contributed by atoms with van der Waals surface area (Å²) >= 11 is 0. The lowest BCUT2D eigenvalue weighted by Gasteiger charge is -2.34. The number of fused-ring (bicyclic) bond motifs is 1. The third kappa shape index (κ3) is 3.91. The van der Waals surface area contributed by atoms with E-state index < -0.39 is 0 Å². The lowest BCUT2D eigenvalue weighted by Crippen LogP contribution is -2.39. The molecule has 1 amide bonds. The molecule has 3 aromatic rings. The summed E-state index contributed by atoms with van der Waals surface area (Å²) in [5, 5.41) is 0.852. The van der Waals surface area contributed by atoms with E-state index >= 15 is 0 Å². The van der Waals surface area contributed by atoms with Crippen LogP contribution in [0, 0.1) is 13.8 Å². The molecule has 0 aliphatic carbocycles. The minimum atomic E-state index is -0.238. The maximum absolute atomic E-state index is 12.8. The summed E-state index contributed by atoms with van der Waals surface area (Å²) in [6.45, 7) is 5.82. The Morgan fingerprint density at radius 2 is 1.93 bits per heavy atom. The van der Waals surface area contributed by atoms with E-state index in [0.29, 0.717) is 18.7 Å². The molecule has 29 heavy (non-hydrogen) atoms. The smallest absolute Gasteiger partial charge is 0.254 e. The zero-order chi connectivity index (χ0) is 20.5. The van der Waals surface area contributed by atoms with Crippen LogP contribution in [0.5, 0.6) is 0 Å². The first-order chi connectivity index (χ1) is 13.9. The van der Waals surface area contributed by atoms with Gasteiger partial charge in [0.2, 0.25) is 0 Å². The van der Waals surface area contributed by atoms with E-state index in [-0.39, 0.29) is 12.0 Å². The molecular formula is C22H25N5O2. The number of anilines is 1. The Kier molecular flexibility index (Phi) is 5.15. The summed E-state index contributed by atoms with van der Waals surface area (Å²) in [4.78, 5) is 30.3. The van der Waals surface area contributed by atoms with Crippen molar-refractivity contribution in [2.24, 2.45) is 0 Å². The van der Waals surface area contributed by atoms with E-state index in [1.54, 1.807) is 19.0 Å². The van der Waals surface area contributed by atoms with E-state index in [2.05, 4.69) is 14.9 Å². The molecule has 0 spiro atoms. The first kappa shape index (κ1) is 19.3. The summed E-state index contributed by atoms with van der Waals surface area (Å²) in [5.74, 6) is 1.61. The van der Waals surface area contributed by atoms with Crippen molar-refractivity contribution < 1.29 is 9.53 Å². The lowest BCUT2D eigenvalue weighted by molar-refractivity contribution is 0.0369. The van der Waals surface area contributed by atoms with Crippen LogP contribution < -0.4 is 4.90 Å². The minimum Gasteiger partial charge on any atom is -0.368 e. The number of nitrogens with zero attached hydrogens (tertiary/aromatic N) is 5. The van der Waals surface area contributed by atoms with Crippen LogP contribution in [0.3, 0.4) is 0 Å². The van der Waals surface area contributed by atoms with Crippen LogP contribution >= 0.6 is 0 Å². The molecule has 7 nitrogen and oxygen atoms in total. The fourth-order valence-electron chi connectivity index (χ4n) is 3.67. The Morgan fingerprint density at radius 3 is 2.69 bits per heavy atom. The number of hydrogen-bond donors (Lipinski definition) is 0. The highest BCUT2D eigenvalue weighted by Crippen LogP contribution is 2.28. The maximum atomic E-state index is 12.8. The van der Waals surface area contributed by atoms with E-state index in [1.807, 2.05) is 50.2 Å². The highest BCUT2D eigenvalue weighted by molar-refractivity contribution is 6.06. The number of aryl methyl sites for hydroxylation is 2. The number of pyridine rings is 1. The second-order valence-electron chi connectivity index (χ2n) is 7.53. The van der Waals surface area contributed by atoms with Crippen LogP contribution in [0.15, 0.2) is 36.4 Å². The van der Waals surface area contributed by atoms with Gasteiger partial charge in [-0.05, 0) is 26.0 Å². The quantitative estimate of drug-likeness (QED) is 0.684. The number of amides is 1. The molecule has 150 valence electrons. The number of para-hydroxylation sites is 1. The van der Waals surface area contributed by atoms with Gasteiger partial charge in [-0.3, -0.25) is 4.79 Å². The molecule has 1 aliphatic heterocycles. The molecule has 0 bridgehead atoms. The number of carbonyl (C=O) groups is 1. The largest absolute Gasteiger partial charge is 0.368 e. The SMILES string of the molecule is Cc1cc(N2CCO[C@H](c3cc(C(=O)N(C)C)c4ccccc4n3)C2)nc(C)n1. The van der Waals surface area contributed by atoms with Gasteiger partial charge in [-0.2, -0.15) is 0 Å². The number of rotatable bonds is 3. The van der Waals surface area contributed by atoms with Gasteiger partial charge in [-0.25, -0.2) is 15.0 Å². The molecule has 1 saturated heterocycles. The van der Waals surface area contributed by atoms with Crippen molar-refractivity contribution in [2.75, 3.05) is 38.7 Å². The van der Waals surface area contributed by atoms with Crippen LogP contribution in [0.2, 0.25) is 0 Å². The van der Waals surface area contributed by atoms with E-state index in [0.717, 1.165) is 40.5 Å². The highest BCUT2D eigenvalue weighted by atomic mass is 16.5. The fraction of sp³-hybridized carbons (Fsp3) is 0.364. The van der Waals surface area contributed by atoms with Gasteiger partial charge in [0.05, 0.1) is 29.9 Å². The number of hydrogen-bond acceptors (Lipinski definition) is 6. The molecule has 1 aromatic carbocycles. The topological polar surface area (TPSA) is 71.5 Å². The molecule has 0 saturated carbocycles. The zero-order valence-electron chi connectivity index (χ0n) is 17.2. The maximum Gasteiger partial charge on any atom is 0.254 e. The molecular weight excluding hydrogens is 366 g/mol. The van der Waals surface area contributed by atoms with Crippen LogP contribution in [-0.4, -0.2) is 59.6 Å². The van der Waals surface area contributed by atoms with Gasteiger partial charge in [0.1, 0.15) is 17.7 Å². The first-order valence-corrected chi connectivity index (χ1v) is 9.72. The van der Waals surface area contributed by atoms with Crippen molar-refractivity contribution in [3.05, 3.63) is 59.2 Å². The predicted octanol–water partition coefficient (Wildman–Crippen LogP) is 2.92. The van der Waals surface area contributed by atoms with Gasteiger partial charge in [0.15, 0.2) is 0 Å². The third-order valence-corrected chi connectivity index (χ3v) is 5.05. The molecule has 1 fully saturated rings. The molecule has 0 radical (unpaired) electrons. The highest BCUT2D eigenvalue weighted by Gasteiger charge is 2.26. The number of benzene rings is 1. The number of ether oxygens (including phenoxy) is 1. The van der Waals surface area contributed by atoms with Crippen molar-refractivity contribution in [3.63, 3.8) is 0 Å². The Balaban J connectivity index is 1.71. The van der Waals surface area contributed by atoms with E-state index in [9.17, 15) is 4.79 Å². The lowest BCUT2D eigenvalue weighted by atomic mass is 10.0. The second kappa shape index (κ2) is 7.75. The molecule has 3 heterocycles. The average Bonchev–Trinajstić information content (AvgIpc) is 2.71. The van der Waals surface area contributed by atoms with Crippen LogP contribution in [0.1, 0.15) is 33.7 Å². The zero-order valence-corrected chi connectivity index (χ0v) is 17.2. The van der Waals surface area contributed by atoms with E-state index in [4.69, 9.17) is 9.72 Å². The summed E-state index contributed by atoms with van der Waals surface area (Å²) in [6, 6.07) is 11.6. The molecule has 1 atom stereocenters.